The predicted molar refractivity (Wildman–Crippen MR) is 145 cm³/mol. The van der Waals surface area contributed by atoms with Crippen molar-refractivity contribution in [3.05, 3.63) is 99.2 Å². The monoisotopic (exact) mass is 501 g/mol. The van der Waals surface area contributed by atoms with Crippen molar-refractivity contribution in [3.8, 4) is 5.75 Å². The molecule has 3 heterocycles. The number of hydrogen-bond acceptors (Lipinski definition) is 4. The van der Waals surface area contributed by atoms with E-state index in [9.17, 15) is 9.18 Å². The van der Waals surface area contributed by atoms with Gasteiger partial charge in [-0.2, -0.15) is 0 Å². The molecule has 1 aromatic heterocycles. The molecule has 1 saturated heterocycles. The summed E-state index contributed by atoms with van der Waals surface area (Å²) in [4.78, 5) is 18.0. The predicted octanol–water partition coefficient (Wildman–Crippen LogP) is 5.31. The highest BCUT2D eigenvalue weighted by Crippen LogP contribution is 2.38. The fourth-order valence-electron chi connectivity index (χ4n) is 4.93. The third-order valence-electron chi connectivity index (χ3n) is 6.78. The maximum Gasteiger partial charge on any atom is 0.326 e. The molecule has 2 aliphatic heterocycles. The van der Waals surface area contributed by atoms with Crippen molar-refractivity contribution in [1.82, 2.24) is 14.5 Å². The molecule has 37 heavy (non-hydrogen) atoms. The van der Waals surface area contributed by atoms with Crippen LogP contribution in [0.1, 0.15) is 36.1 Å². The Morgan fingerprint density at radius 2 is 1.78 bits per heavy atom. The van der Waals surface area contributed by atoms with Crippen molar-refractivity contribution in [3.63, 3.8) is 0 Å². The van der Waals surface area contributed by atoms with Gasteiger partial charge in [0, 0.05) is 37.8 Å². The van der Waals surface area contributed by atoms with E-state index in [1.54, 1.807) is 10.6 Å². The Bertz CT molecular complexity index is 1480. The van der Waals surface area contributed by atoms with Gasteiger partial charge < -0.3 is 14.5 Å². The van der Waals surface area contributed by atoms with Crippen LogP contribution in [-0.2, 0) is 17.9 Å². The van der Waals surface area contributed by atoms with E-state index in [2.05, 4.69) is 22.0 Å². The summed E-state index contributed by atoms with van der Waals surface area (Å²) < 4.78 is 27.1. The Balaban J connectivity index is 0.00000137. The Morgan fingerprint density at radius 3 is 2.62 bits per heavy atom. The van der Waals surface area contributed by atoms with Crippen LogP contribution in [0, 0.1) is 5.82 Å². The van der Waals surface area contributed by atoms with Crippen molar-refractivity contribution in [2.75, 3.05) is 32.8 Å². The maximum absolute atomic E-state index is 14.0. The molecule has 7 heteroatoms. The smallest absolute Gasteiger partial charge is 0.326 e. The molecule has 0 radical (unpaired) electrons. The number of morpholine rings is 1. The second-order valence-electron chi connectivity index (χ2n) is 8.96. The normalized spacial score (nSPS) is 16.4. The molecule has 1 N–H and O–H groups in total. The van der Waals surface area contributed by atoms with E-state index in [1.807, 2.05) is 50.2 Å². The zero-order valence-electron chi connectivity index (χ0n) is 21.3. The fraction of sp³-hybridized carbons (Fsp3) is 0.300. The van der Waals surface area contributed by atoms with Crippen LogP contribution in [0.25, 0.3) is 22.7 Å². The number of H-pyrrole nitrogens is 1. The quantitative estimate of drug-likeness (QED) is 0.412. The van der Waals surface area contributed by atoms with Crippen molar-refractivity contribution in [1.29, 1.82) is 0 Å². The Kier molecular flexibility index (Phi) is 7.53. The first-order chi connectivity index (χ1) is 18.2. The van der Waals surface area contributed by atoms with Gasteiger partial charge >= 0.3 is 5.69 Å². The molecule has 3 aromatic carbocycles. The molecule has 6 nitrogen and oxygen atoms in total. The topological polar surface area (TPSA) is 59.5 Å². The number of benzene rings is 3. The molecule has 192 valence electrons. The van der Waals surface area contributed by atoms with E-state index >= 15 is 0 Å². The van der Waals surface area contributed by atoms with Crippen LogP contribution < -0.4 is 10.4 Å². The number of ether oxygens (including phenoxy) is 2. The van der Waals surface area contributed by atoms with Gasteiger partial charge in [0.2, 0.25) is 0 Å². The van der Waals surface area contributed by atoms with Crippen LogP contribution in [0.15, 0.2) is 65.5 Å². The van der Waals surface area contributed by atoms with Crippen LogP contribution >= 0.6 is 0 Å². The van der Waals surface area contributed by atoms with Crippen LogP contribution in [0.4, 0.5) is 4.39 Å². The summed E-state index contributed by atoms with van der Waals surface area (Å²) in [5.41, 5.74) is 6.41. The number of hydrogen-bond donors (Lipinski definition) is 1. The Labute approximate surface area is 215 Å². The summed E-state index contributed by atoms with van der Waals surface area (Å²) in [7, 11) is 0. The van der Waals surface area contributed by atoms with Crippen molar-refractivity contribution in [2.24, 2.45) is 0 Å². The van der Waals surface area contributed by atoms with Crippen molar-refractivity contribution >= 4 is 22.7 Å². The molecule has 0 saturated carbocycles. The number of rotatable bonds is 4. The summed E-state index contributed by atoms with van der Waals surface area (Å²) in [6.45, 7) is 9.09. The molecule has 0 atom stereocenters. The number of imidazole rings is 1. The number of aromatic nitrogens is 2. The molecule has 6 rings (SSSR count). The first kappa shape index (κ1) is 25.0. The first-order valence-corrected chi connectivity index (χ1v) is 12.9. The van der Waals surface area contributed by atoms with Gasteiger partial charge in [-0.1, -0.05) is 44.2 Å². The summed E-state index contributed by atoms with van der Waals surface area (Å²) >= 11 is 0. The lowest BCUT2D eigenvalue weighted by Gasteiger charge is -2.26. The average molecular weight is 502 g/mol. The fourth-order valence-corrected chi connectivity index (χ4v) is 4.93. The minimum Gasteiger partial charge on any atom is -0.488 e. The van der Waals surface area contributed by atoms with Crippen LogP contribution in [-0.4, -0.2) is 47.3 Å². The van der Waals surface area contributed by atoms with Gasteiger partial charge in [0.1, 0.15) is 18.2 Å². The minimum absolute atomic E-state index is 0.105. The second kappa shape index (κ2) is 11.2. The number of nitrogens with one attached hydrogen (secondary N) is 1. The summed E-state index contributed by atoms with van der Waals surface area (Å²) in [5.74, 6) is 0.197. The Morgan fingerprint density at radius 1 is 0.973 bits per heavy atom. The van der Waals surface area contributed by atoms with Gasteiger partial charge in [0.25, 0.3) is 0 Å². The minimum atomic E-state index is -0.327. The van der Waals surface area contributed by atoms with Crippen LogP contribution in [0.3, 0.4) is 0 Å². The lowest BCUT2D eigenvalue weighted by Crippen LogP contribution is -2.39. The highest BCUT2D eigenvalue weighted by molar-refractivity contribution is 5.95. The molecule has 1 fully saturated rings. The van der Waals surface area contributed by atoms with E-state index < -0.39 is 0 Å². The molecule has 0 aliphatic carbocycles. The SMILES string of the molecule is CC.O=c1[nH]c2cc(/C=C3\c4ccccc4COc4cc(F)ccc43)ccc2n1CCN1CCOCC1. The van der Waals surface area contributed by atoms with Gasteiger partial charge in [0.05, 0.1) is 24.2 Å². The number of nitrogens with zero attached hydrogens (tertiary/aromatic N) is 2. The summed E-state index contributed by atoms with van der Waals surface area (Å²) in [5, 5.41) is 0. The summed E-state index contributed by atoms with van der Waals surface area (Å²) in [6, 6.07) is 18.7. The van der Waals surface area contributed by atoms with E-state index in [0.29, 0.717) is 18.9 Å². The largest absolute Gasteiger partial charge is 0.488 e. The molecular weight excluding hydrogens is 469 g/mol. The van der Waals surface area contributed by atoms with Gasteiger partial charge in [0.15, 0.2) is 0 Å². The zero-order chi connectivity index (χ0) is 25.8. The zero-order valence-corrected chi connectivity index (χ0v) is 21.3. The lowest BCUT2D eigenvalue weighted by atomic mass is 9.92. The molecule has 0 bridgehead atoms. The highest BCUT2D eigenvalue weighted by atomic mass is 19.1. The Hall–Kier alpha value is -3.68. The van der Waals surface area contributed by atoms with E-state index in [-0.39, 0.29) is 11.5 Å². The molecule has 4 aromatic rings. The lowest BCUT2D eigenvalue weighted by molar-refractivity contribution is 0.0364. The third kappa shape index (κ3) is 5.24. The number of aromatic amines is 1. The molecule has 0 unspecified atom stereocenters. The van der Waals surface area contributed by atoms with Crippen LogP contribution in [0.2, 0.25) is 0 Å². The molecule has 2 aliphatic rings. The maximum atomic E-state index is 14.0. The number of fused-ring (bicyclic) bond motifs is 3. The first-order valence-electron chi connectivity index (χ1n) is 12.9. The van der Waals surface area contributed by atoms with Crippen molar-refractivity contribution in [2.45, 2.75) is 27.0 Å². The van der Waals surface area contributed by atoms with Gasteiger partial charge in [-0.25, -0.2) is 9.18 Å². The molecule has 0 spiro atoms. The molecule has 0 amide bonds. The molecular formula is C30H32FN3O3. The summed E-state index contributed by atoms with van der Waals surface area (Å²) in [6.07, 6.45) is 2.08. The van der Waals surface area contributed by atoms with Gasteiger partial charge in [-0.15, -0.1) is 0 Å². The van der Waals surface area contributed by atoms with E-state index in [4.69, 9.17) is 9.47 Å². The van der Waals surface area contributed by atoms with Gasteiger partial charge in [-0.05, 0) is 52.6 Å². The third-order valence-corrected chi connectivity index (χ3v) is 6.78. The van der Waals surface area contributed by atoms with E-state index in [0.717, 1.165) is 71.7 Å². The highest BCUT2D eigenvalue weighted by Gasteiger charge is 2.20. The van der Waals surface area contributed by atoms with Crippen molar-refractivity contribution < 1.29 is 13.9 Å². The second-order valence-corrected chi connectivity index (χ2v) is 8.96. The number of halogens is 1. The standard InChI is InChI=1S/C28H26FN3O3.C2H6/c29-21-6-7-23-24(22-4-2-1-3-20(22)18-35-27(23)17-21)15-19-5-8-26-25(16-19)30-28(33)32(26)10-9-31-11-13-34-14-12-31;1-2/h1-8,15-17H,9-14,18H2,(H,30,33);1-2H3/b24-15+;. The van der Waals surface area contributed by atoms with Gasteiger partial charge in [-0.3, -0.25) is 9.47 Å². The van der Waals surface area contributed by atoms with Crippen LogP contribution in [0.5, 0.6) is 5.75 Å². The average Bonchev–Trinajstić information content (AvgIpc) is 3.16. The van der Waals surface area contributed by atoms with E-state index in [1.165, 1.54) is 12.1 Å².